The summed E-state index contributed by atoms with van der Waals surface area (Å²) in [6, 6.07) is 12.1. The lowest BCUT2D eigenvalue weighted by Gasteiger charge is -2.23. The number of amides is 1. The van der Waals surface area contributed by atoms with Crippen molar-refractivity contribution in [2.45, 2.75) is 32.2 Å². The van der Waals surface area contributed by atoms with Gasteiger partial charge in [0.05, 0.1) is 10.9 Å². The largest absolute Gasteiger partial charge is 0.372 e. The minimum Gasteiger partial charge on any atom is -0.372 e. The normalized spacial score (nSPS) is 15.1. The van der Waals surface area contributed by atoms with Crippen molar-refractivity contribution in [3.63, 3.8) is 0 Å². The first-order valence-electron chi connectivity index (χ1n) is 9.18. The summed E-state index contributed by atoms with van der Waals surface area (Å²) in [5, 5.41) is 2.98. The highest BCUT2D eigenvalue weighted by Gasteiger charge is 2.11. The van der Waals surface area contributed by atoms with Gasteiger partial charge in [-0.2, -0.15) is 0 Å². The molecule has 4 nitrogen and oxygen atoms in total. The van der Waals surface area contributed by atoms with E-state index in [0.717, 1.165) is 34.5 Å². The number of halogens is 1. The van der Waals surface area contributed by atoms with Gasteiger partial charge in [-0.15, -0.1) is 11.3 Å². The van der Waals surface area contributed by atoms with Gasteiger partial charge in [-0.25, -0.2) is 0 Å². The maximum atomic E-state index is 12.3. The van der Waals surface area contributed by atoms with Crippen LogP contribution in [0.25, 0.3) is 0 Å². The Balaban J connectivity index is 1.49. The molecule has 1 aliphatic heterocycles. The second kappa shape index (κ2) is 9.40. The zero-order valence-corrected chi connectivity index (χ0v) is 16.8. The predicted molar refractivity (Wildman–Crippen MR) is 111 cm³/mol. The Morgan fingerprint density at radius 3 is 2.42 bits per heavy atom. The molecule has 0 radical (unpaired) electrons. The lowest BCUT2D eigenvalue weighted by atomic mass is 10.2. The molecule has 1 amide bonds. The van der Waals surface area contributed by atoms with Gasteiger partial charge < -0.3 is 10.2 Å². The van der Waals surface area contributed by atoms with Gasteiger partial charge in [-0.1, -0.05) is 24.4 Å². The Morgan fingerprint density at radius 2 is 1.81 bits per heavy atom. The topological polar surface area (TPSA) is 35.6 Å². The lowest BCUT2D eigenvalue weighted by molar-refractivity contribution is -0.117. The summed E-state index contributed by atoms with van der Waals surface area (Å²) in [6.45, 7) is 3.33. The van der Waals surface area contributed by atoms with Gasteiger partial charge in [-0.05, 0) is 56.3 Å². The van der Waals surface area contributed by atoms with Crippen molar-refractivity contribution in [3.05, 3.63) is 45.6 Å². The smallest absolute Gasteiger partial charge is 0.238 e. The highest BCUT2D eigenvalue weighted by atomic mass is 35.5. The van der Waals surface area contributed by atoms with Gasteiger partial charge in [0.1, 0.15) is 0 Å². The average Bonchev–Trinajstić information content (AvgIpc) is 2.85. The van der Waals surface area contributed by atoms with Crippen LogP contribution in [0.1, 0.15) is 30.6 Å². The molecule has 140 valence electrons. The number of carbonyl (C=O) groups excluding carboxylic acids is 1. The third kappa shape index (κ3) is 5.73. The van der Waals surface area contributed by atoms with E-state index >= 15 is 0 Å². The number of hydrogen-bond donors (Lipinski definition) is 1. The summed E-state index contributed by atoms with van der Waals surface area (Å²) in [5.74, 6) is -0.00215. The fraction of sp³-hybridized carbons (Fsp3) is 0.450. The molecule has 3 rings (SSSR count). The zero-order valence-electron chi connectivity index (χ0n) is 15.2. The number of nitrogens with one attached hydrogen (secondary N) is 1. The molecule has 26 heavy (non-hydrogen) atoms. The van der Waals surface area contributed by atoms with Crippen LogP contribution in [0.3, 0.4) is 0 Å². The maximum Gasteiger partial charge on any atom is 0.238 e. The fourth-order valence-electron chi connectivity index (χ4n) is 3.29. The molecule has 1 aromatic heterocycles. The molecular formula is C20H26ClN3OS. The summed E-state index contributed by atoms with van der Waals surface area (Å²) in [7, 11) is 1.94. The quantitative estimate of drug-likeness (QED) is 0.764. The number of likely N-dealkylation sites (N-methyl/N-ethyl adjacent to an activating group) is 1. The molecule has 6 heteroatoms. The van der Waals surface area contributed by atoms with Crippen LogP contribution in [0.4, 0.5) is 11.4 Å². The van der Waals surface area contributed by atoms with Crippen LogP contribution in [0.15, 0.2) is 36.4 Å². The van der Waals surface area contributed by atoms with Crippen molar-refractivity contribution in [1.29, 1.82) is 0 Å². The van der Waals surface area contributed by atoms with Crippen LogP contribution in [0.5, 0.6) is 0 Å². The van der Waals surface area contributed by atoms with E-state index in [2.05, 4.69) is 22.3 Å². The summed E-state index contributed by atoms with van der Waals surface area (Å²) in [4.78, 5) is 17.9. The standard InChI is InChI=1S/C20H26ClN3OS/c1-23(14-18-10-11-19(21)26-18)15-20(25)22-16-6-8-17(9-7-16)24-12-4-2-3-5-13-24/h6-11H,2-5,12-15H2,1H3,(H,22,25). The van der Waals surface area contributed by atoms with E-state index in [1.807, 2.05) is 36.2 Å². The number of anilines is 2. The summed E-state index contributed by atoms with van der Waals surface area (Å²) >= 11 is 7.50. The molecular weight excluding hydrogens is 366 g/mol. The molecule has 0 saturated carbocycles. The molecule has 2 aromatic rings. The van der Waals surface area contributed by atoms with Crippen LogP contribution in [0.2, 0.25) is 4.34 Å². The minimum absolute atomic E-state index is 0.00215. The molecule has 0 aliphatic carbocycles. The summed E-state index contributed by atoms with van der Waals surface area (Å²) in [5.41, 5.74) is 2.10. The molecule has 0 spiro atoms. The number of nitrogens with zero attached hydrogens (tertiary/aromatic N) is 2. The van der Waals surface area contributed by atoms with E-state index in [0.29, 0.717) is 6.54 Å². The SMILES string of the molecule is CN(CC(=O)Nc1ccc(N2CCCCCC2)cc1)Cc1ccc(Cl)s1. The summed E-state index contributed by atoms with van der Waals surface area (Å²) < 4.78 is 0.780. The molecule has 0 bridgehead atoms. The van der Waals surface area contributed by atoms with Crippen molar-refractivity contribution in [2.24, 2.45) is 0 Å². The van der Waals surface area contributed by atoms with Gasteiger partial charge in [0.25, 0.3) is 0 Å². The van der Waals surface area contributed by atoms with Crippen LogP contribution in [-0.4, -0.2) is 37.5 Å². The van der Waals surface area contributed by atoms with Crippen molar-refractivity contribution in [3.8, 4) is 0 Å². The number of benzene rings is 1. The van der Waals surface area contributed by atoms with Gasteiger partial charge in [0.2, 0.25) is 5.91 Å². The third-order valence-corrected chi connectivity index (χ3v) is 5.81. The molecule has 0 unspecified atom stereocenters. The van der Waals surface area contributed by atoms with Crippen molar-refractivity contribution < 1.29 is 4.79 Å². The van der Waals surface area contributed by atoms with Gasteiger partial charge >= 0.3 is 0 Å². The van der Waals surface area contributed by atoms with Crippen molar-refractivity contribution >= 4 is 40.2 Å². The molecule has 1 fully saturated rings. The van der Waals surface area contributed by atoms with Crippen molar-refractivity contribution in [2.75, 3.05) is 36.9 Å². The Bertz CT molecular complexity index is 708. The maximum absolute atomic E-state index is 12.3. The second-order valence-corrected chi connectivity index (χ2v) is 8.67. The Hall–Kier alpha value is -1.56. The number of hydrogen-bond acceptors (Lipinski definition) is 4. The summed E-state index contributed by atoms with van der Waals surface area (Å²) in [6.07, 6.45) is 5.19. The first kappa shape index (κ1) is 19.2. The van der Waals surface area contributed by atoms with Crippen LogP contribution >= 0.6 is 22.9 Å². The first-order valence-corrected chi connectivity index (χ1v) is 10.4. The van der Waals surface area contributed by atoms with Crippen molar-refractivity contribution in [1.82, 2.24) is 4.90 Å². The van der Waals surface area contributed by atoms with E-state index in [9.17, 15) is 4.79 Å². The molecule has 1 saturated heterocycles. The predicted octanol–water partition coefficient (Wildman–Crippen LogP) is 4.85. The molecule has 2 heterocycles. The van der Waals surface area contributed by atoms with E-state index in [-0.39, 0.29) is 5.91 Å². The molecule has 0 atom stereocenters. The second-order valence-electron chi connectivity index (χ2n) is 6.87. The fourth-order valence-corrected chi connectivity index (χ4v) is 4.46. The minimum atomic E-state index is -0.00215. The number of rotatable bonds is 6. The molecule has 1 aliphatic rings. The third-order valence-electron chi connectivity index (χ3n) is 4.59. The van der Waals surface area contributed by atoms with Gasteiger partial charge in [0.15, 0.2) is 0 Å². The Morgan fingerprint density at radius 1 is 1.12 bits per heavy atom. The lowest BCUT2D eigenvalue weighted by Crippen LogP contribution is -2.29. The zero-order chi connectivity index (χ0) is 18.4. The highest BCUT2D eigenvalue weighted by molar-refractivity contribution is 7.16. The van der Waals surface area contributed by atoms with Crippen LogP contribution in [0, 0.1) is 0 Å². The average molecular weight is 392 g/mol. The molecule has 1 N–H and O–H groups in total. The number of thiophene rings is 1. The van der Waals surface area contributed by atoms with E-state index in [4.69, 9.17) is 11.6 Å². The van der Waals surface area contributed by atoms with Crippen LogP contribution in [-0.2, 0) is 11.3 Å². The van der Waals surface area contributed by atoms with Gasteiger partial charge in [0, 0.05) is 35.9 Å². The Labute approximate surface area is 164 Å². The van der Waals surface area contributed by atoms with E-state index in [1.165, 1.54) is 31.4 Å². The van der Waals surface area contributed by atoms with Crippen LogP contribution < -0.4 is 10.2 Å². The van der Waals surface area contributed by atoms with Gasteiger partial charge in [-0.3, -0.25) is 9.69 Å². The van der Waals surface area contributed by atoms with E-state index in [1.54, 1.807) is 11.3 Å². The monoisotopic (exact) mass is 391 g/mol. The first-order chi connectivity index (χ1) is 12.6. The molecule has 1 aromatic carbocycles. The highest BCUT2D eigenvalue weighted by Crippen LogP contribution is 2.23. The Kier molecular flexibility index (Phi) is 6.94. The number of carbonyl (C=O) groups is 1. The van der Waals surface area contributed by atoms with E-state index < -0.39 is 0 Å².